The standard InChI is InChI=1S/C23H25N3O/c1-16-13-14-20-19(15-16)21(22(25-24-20)17-9-5-3-6-10-17)23(27)26(2)18-11-7-4-8-12-18/h3,5-6,9-10,13-15,18H,4,7-8,11-12H2,1-2H3. The van der Waals surface area contributed by atoms with E-state index in [-0.39, 0.29) is 5.91 Å². The van der Waals surface area contributed by atoms with Crippen molar-refractivity contribution in [2.24, 2.45) is 0 Å². The van der Waals surface area contributed by atoms with Crippen LogP contribution in [0.25, 0.3) is 22.2 Å². The number of nitrogens with zero attached hydrogens (tertiary/aromatic N) is 3. The molecule has 1 amide bonds. The van der Waals surface area contributed by atoms with Gasteiger partial charge in [-0.05, 0) is 31.9 Å². The molecule has 1 fully saturated rings. The number of carbonyl (C=O) groups excluding carboxylic acids is 1. The summed E-state index contributed by atoms with van der Waals surface area (Å²) in [6.07, 6.45) is 5.83. The van der Waals surface area contributed by atoms with Gasteiger partial charge in [0.05, 0.1) is 11.1 Å². The van der Waals surface area contributed by atoms with Crippen molar-refractivity contribution in [3.05, 3.63) is 59.7 Å². The molecule has 0 spiro atoms. The zero-order valence-corrected chi connectivity index (χ0v) is 16.0. The van der Waals surface area contributed by atoms with Crippen LogP contribution >= 0.6 is 0 Å². The van der Waals surface area contributed by atoms with E-state index >= 15 is 0 Å². The monoisotopic (exact) mass is 359 g/mol. The Hall–Kier alpha value is -2.75. The van der Waals surface area contributed by atoms with Crippen LogP contribution in [-0.4, -0.2) is 34.1 Å². The molecule has 1 aliphatic rings. The normalized spacial score (nSPS) is 15.0. The molecule has 138 valence electrons. The highest BCUT2D eigenvalue weighted by molar-refractivity contribution is 6.10. The second-order valence-electron chi connectivity index (χ2n) is 7.52. The highest BCUT2D eigenvalue weighted by atomic mass is 16.2. The van der Waals surface area contributed by atoms with E-state index in [9.17, 15) is 4.79 Å². The summed E-state index contributed by atoms with van der Waals surface area (Å²) in [5.74, 6) is 0.0475. The minimum atomic E-state index is 0.0475. The molecule has 1 heterocycles. The summed E-state index contributed by atoms with van der Waals surface area (Å²) in [4.78, 5) is 15.6. The van der Waals surface area contributed by atoms with E-state index in [4.69, 9.17) is 0 Å². The number of aromatic nitrogens is 2. The molecule has 3 aromatic rings. The predicted molar refractivity (Wildman–Crippen MR) is 109 cm³/mol. The third-order valence-corrected chi connectivity index (χ3v) is 5.62. The fraction of sp³-hybridized carbons (Fsp3) is 0.348. The first kappa shape index (κ1) is 17.7. The third kappa shape index (κ3) is 3.44. The second-order valence-corrected chi connectivity index (χ2v) is 7.52. The molecular weight excluding hydrogens is 334 g/mol. The summed E-state index contributed by atoms with van der Waals surface area (Å²) in [6.45, 7) is 2.04. The first-order valence-electron chi connectivity index (χ1n) is 9.75. The van der Waals surface area contributed by atoms with E-state index in [1.807, 2.05) is 61.3 Å². The Morgan fingerprint density at radius 2 is 1.74 bits per heavy atom. The molecular formula is C23H25N3O. The average Bonchev–Trinajstić information content (AvgIpc) is 2.73. The number of hydrogen-bond donors (Lipinski definition) is 0. The minimum absolute atomic E-state index is 0.0475. The fourth-order valence-corrected chi connectivity index (χ4v) is 4.04. The van der Waals surface area contributed by atoms with Gasteiger partial charge in [0.1, 0.15) is 5.69 Å². The smallest absolute Gasteiger partial charge is 0.256 e. The van der Waals surface area contributed by atoms with Gasteiger partial charge in [0.25, 0.3) is 5.91 Å². The van der Waals surface area contributed by atoms with E-state index in [1.165, 1.54) is 19.3 Å². The minimum Gasteiger partial charge on any atom is -0.339 e. The van der Waals surface area contributed by atoms with Gasteiger partial charge in [-0.1, -0.05) is 61.2 Å². The molecule has 4 rings (SSSR count). The maximum Gasteiger partial charge on any atom is 0.256 e. The van der Waals surface area contributed by atoms with Crippen molar-refractivity contribution in [1.82, 2.24) is 15.1 Å². The molecule has 0 N–H and O–H groups in total. The van der Waals surface area contributed by atoms with E-state index in [0.29, 0.717) is 17.3 Å². The number of rotatable bonds is 3. The molecule has 0 unspecified atom stereocenters. The molecule has 0 atom stereocenters. The summed E-state index contributed by atoms with van der Waals surface area (Å²) in [5, 5.41) is 9.74. The molecule has 0 radical (unpaired) electrons. The zero-order chi connectivity index (χ0) is 18.8. The Bertz CT molecular complexity index is 962. The number of hydrogen-bond acceptors (Lipinski definition) is 3. The molecule has 0 aliphatic heterocycles. The van der Waals surface area contributed by atoms with Gasteiger partial charge in [-0.15, -0.1) is 10.2 Å². The van der Waals surface area contributed by atoms with Crippen molar-refractivity contribution < 1.29 is 4.79 Å². The summed E-state index contributed by atoms with van der Waals surface area (Å²) < 4.78 is 0. The molecule has 2 aromatic carbocycles. The van der Waals surface area contributed by atoms with Gasteiger partial charge in [-0.3, -0.25) is 4.79 Å². The summed E-state index contributed by atoms with van der Waals surface area (Å²) in [6, 6.07) is 16.2. The molecule has 4 nitrogen and oxygen atoms in total. The molecule has 1 aromatic heterocycles. The third-order valence-electron chi connectivity index (χ3n) is 5.62. The first-order valence-corrected chi connectivity index (χ1v) is 9.75. The van der Waals surface area contributed by atoms with Crippen molar-refractivity contribution in [2.45, 2.75) is 45.1 Å². The lowest BCUT2D eigenvalue weighted by molar-refractivity contribution is 0.0698. The Balaban J connectivity index is 1.87. The van der Waals surface area contributed by atoms with E-state index in [0.717, 1.165) is 34.9 Å². The lowest BCUT2D eigenvalue weighted by atomic mass is 9.93. The topological polar surface area (TPSA) is 46.1 Å². The Kier molecular flexibility index (Phi) is 4.88. The van der Waals surface area contributed by atoms with Crippen molar-refractivity contribution >= 4 is 16.8 Å². The summed E-state index contributed by atoms with van der Waals surface area (Å²) in [7, 11) is 1.94. The predicted octanol–water partition coefficient (Wildman–Crippen LogP) is 5.01. The molecule has 1 saturated carbocycles. The summed E-state index contributed by atoms with van der Waals surface area (Å²) >= 11 is 0. The lowest BCUT2D eigenvalue weighted by Gasteiger charge is -2.32. The largest absolute Gasteiger partial charge is 0.339 e. The van der Waals surface area contributed by atoms with Gasteiger partial charge in [0, 0.05) is 24.0 Å². The van der Waals surface area contributed by atoms with E-state index in [1.54, 1.807) is 0 Å². The quantitative estimate of drug-likeness (QED) is 0.660. The number of amides is 1. The van der Waals surface area contributed by atoms with Crippen LogP contribution in [-0.2, 0) is 0 Å². The Labute approximate surface area is 160 Å². The number of benzene rings is 2. The fourth-order valence-electron chi connectivity index (χ4n) is 4.04. The van der Waals surface area contributed by atoms with Crippen LogP contribution in [0.15, 0.2) is 48.5 Å². The van der Waals surface area contributed by atoms with E-state index < -0.39 is 0 Å². The van der Waals surface area contributed by atoms with Crippen LogP contribution in [0.1, 0.15) is 48.0 Å². The van der Waals surface area contributed by atoms with Gasteiger partial charge < -0.3 is 4.90 Å². The molecule has 0 bridgehead atoms. The van der Waals surface area contributed by atoms with Crippen LogP contribution in [0.5, 0.6) is 0 Å². The lowest BCUT2D eigenvalue weighted by Crippen LogP contribution is -2.38. The molecule has 1 aliphatic carbocycles. The first-order chi connectivity index (χ1) is 13.1. The highest BCUT2D eigenvalue weighted by Gasteiger charge is 2.27. The molecule has 4 heteroatoms. The SMILES string of the molecule is Cc1ccc2nnc(-c3ccccc3)c(C(=O)N(C)C3CCCCC3)c2c1. The number of aryl methyl sites for hydroxylation is 1. The number of fused-ring (bicyclic) bond motifs is 1. The Morgan fingerprint density at radius 3 is 2.48 bits per heavy atom. The van der Waals surface area contributed by atoms with Crippen LogP contribution in [0, 0.1) is 6.92 Å². The van der Waals surface area contributed by atoms with Gasteiger partial charge in [0.15, 0.2) is 0 Å². The zero-order valence-electron chi connectivity index (χ0n) is 16.0. The van der Waals surface area contributed by atoms with Crippen LogP contribution < -0.4 is 0 Å². The Morgan fingerprint density at radius 1 is 1.00 bits per heavy atom. The van der Waals surface area contributed by atoms with E-state index in [2.05, 4.69) is 16.3 Å². The van der Waals surface area contributed by atoms with Gasteiger partial charge in [0.2, 0.25) is 0 Å². The summed E-state index contributed by atoms with van der Waals surface area (Å²) in [5.41, 5.74) is 4.14. The van der Waals surface area contributed by atoms with Crippen molar-refractivity contribution in [1.29, 1.82) is 0 Å². The average molecular weight is 359 g/mol. The maximum atomic E-state index is 13.6. The maximum absolute atomic E-state index is 13.6. The van der Waals surface area contributed by atoms with Gasteiger partial charge >= 0.3 is 0 Å². The number of carbonyl (C=O) groups is 1. The highest BCUT2D eigenvalue weighted by Crippen LogP contribution is 2.30. The van der Waals surface area contributed by atoms with Gasteiger partial charge in [-0.25, -0.2) is 0 Å². The van der Waals surface area contributed by atoms with Crippen molar-refractivity contribution in [3.63, 3.8) is 0 Å². The second kappa shape index (κ2) is 7.47. The van der Waals surface area contributed by atoms with Crippen LogP contribution in [0.4, 0.5) is 0 Å². The van der Waals surface area contributed by atoms with Crippen molar-refractivity contribution in [3.8, 4) is 11.3 Å². The van der Waals surface area contributed by atoms with Crippen LogP contribution in [0.2, 0.25) is 0 Å². The molecule has 27 heavy (non-hydrogen) atoms. The van der Waals surface area contributed by atoms with Crippen molar-refractivity contribution in [2.75, 3.05) is 7.05 Å². The van der Waals surface area contributed by atoms with Crippen LogP contribution in [0.3, 0.4) is 0 Å². The van der Waals surface area contributed by atoms with Gasteiger partial charge in [-0.2, -0.15) is 0 Å². The molecule has 0 saturated heterocycles.